The fraction of sp³-hybridized carbons (Fsp3) is 0.400. The Labute approximate surface area is 183 Å². The smallest absolute Gasteiger partial charge is 0.202 e. The summed E-state index contributed by atoms with van der Waals surface area (Å²) in [6.07, 6.45) is 0. The first-order chi connectivity index (χ1) is 13.3. The van der Waals surface area contributed by atoms with Crippen LogP contribution in [0.1, 0.15) is 25.0 Å². The summed E-state index contributed by atoms with van der Waals surface area (Å²) in [6.45, 7) is 4.44. The summed E-state index contributed by atoms with van der Waals surface area (Å²) in [5, 5.41) is 1.82. The molecule has 0 amide bonds. The Bertz CT molecular complexity index is 822. The van der Waals surface area contributed by atoms with Crippen molar-refractivity contribution in [3.63, 3.8) is 0 Å². The summed E-state index contributed by atoms with van der Waals surface area (Å²) in [6, 6.07) is 10.7. The van der Waals surface area contributed by atoms with Crippen molar-refractivity contribution in [2.45, 2.75) is 25.4 Å². The lowest BCUT2D eigenvalue weighted by atomic mass is 9.76. The van der Waals surface area contributed by atoms with Gasteiger partial charge in [-0.2, -0.15) is 0 Å². The van der Waals surface area contributed by atoms with E-state index in [0.29, 0.717) is 20.1 Å². The average Bonchev–Trinajstić information content (AvgIpc) is 2.59. The molecule has 2 aliphatic heterocycles. The molecule has 0 bridgehead atoms. The zero-order valence-corrected chi connectivity index (χ0v) is 18.2. The SMILES string of the molecule is CC(C(C)C1(c2ccc(Cl)c(Cl)c2)OCO1)C1(c2ccc(Cl)c(Cl)c2)OCO1. The maximum absolute atomic E-state index is 6.22. The van der Waals surface area contributed by atoms with E-state index in [4.69, 9.17) is 65.4 Å². The highest BCUT2D eigenvalue weighted by Gasteiger charge is 2.57. The van der Waals surface area contributed by atoms with E-state index in [1.807, 2.05) is 26.0 Å². The molecule has 28 heavy (non-hydrogen) atoms. The maximum Gasteiger partial charge on any atom is 0.202 e. The van der Waals surface area contributed by atoms with Gasteiger partial charge < -0.3 is 18.9 Å². The topological polar surface area (TPSA) is 36.9 Å². The molecule has 2 aromatic rings. The van der Waals surface area contributed by atoms with Gasteiger partial charge in [0.2, 0.25) is 11.6 Å². The molecule has 2 aromatic carbocycles. The van der Waals surface area contributed by atoms with Gasteiger partial charge in [-0.05, 0) is 24.3 Å². The maximum atomic E-state index is 6.22. The van der Waals surface area contributed by atoms with E-state index < -0.39 is 11.6 Å². The van der Waals surface area contributed by atoms with E-state index in [-0.39, 0.29) is 25.4 Å². The third-order valence-electron chi connectivity index (χ3n) is 5.69. The molecule has 2 aliphatic rings. The zero-order chi connectivity index (χ0) is 20.1. The molecule has 0 N–H and O–H groups in total. The van der Waals surface area contributed by atoms with Crippen molar-refractivity contribution in [1.82, 2.24) is 0 Å². The van der Waals surface area contributed by atoms with Gasteiger partial charge in [0, 0.05) is 23.0 Å². The van der Waals surface area contributed by atoms with E-state index in [0.717, 1.165) is 11.1 Å². The molecule has 0 aliphatic carbocycles. The van der Waals surface area contributed by atoms with Gasteiger partial charge in [0.15, 0.2) is 13.6 Å². The number of rotatable bonds is 5. The number of benzene rings is 2. The van der Waals surface area contributed by atoms with Crippen LogP contribution in [0.25, 0.3) is 0 Å². The highest BCUT2D eigenvalue weighted by atomic mass is 35.5. The molecule has 2 saturated heterocycles. The third-order valence-corrected chi connectivity index (χ3v) is 7.16. The lowest BCUT2D eigenvalue weighted by molar-refractivity contribution is -0.471. The van der Waals surface area contributed by atoms with Crippen LogP contribution in [0.2, 0.25) is 20.1 Å². The molecule has 0 aromatic heterocycles. The molecule has 2 fully saturated rings. The predicted octanol–water partition coefficient (Wildman–Crippen LogP) is 6.59. The van der Waals surface area contributed by atoms with Crippen LogP contribution in [-0.2, 0) is 30.5 Å². The van der Waals surface area contributed by atoms with Crippen LogP contribution in [-0.4, -0.2) is 13.6 Å². The molecule has 2 heterocycles. The Morgan fingerprint density at radius 3 is 1.25 bits per heavy atom. The second kappa shape index (κ2) is 7.60. The van der Waals surface area contributed by atoms with Crippen molar-refractivity contribution < 1.29 is 18.9 Å². The fourth-order valence-electron chi connectivity index (χ4n) is 3.84. The van der Waals surface area contributed by atoms with E-state index in [1.54, 1.807) is 24.3 Å². The molecule has 0 radical (unpaired) electrons. The van der Waals surface area contributed by atoms with Gasteiger partial charge in [-0.15, -0.1) is 0 Å². The van der Waals surface area contributed by atoms with Crippen molar-refractivity contribution in [3.05, 3.63) is 67.6 Å². The predicted molar refractivity (Wildman–Crippen MR) is 109 cm³/mol. The summed E-state index contributed by atoms with van der Waals surface area (Å²) in [5.41, 5.74) is 1.58. The summed E-state index contributed by atoms with van der Waals surface area (Å²) in [7, 11) is 0. The highest BCUT2D eigenvalue weighted by Crippen LogP contribution is 2.53. The second-order valence-electron chi connectivity index (χ2n) is 6.98. The summed E-state index contributed by atoms with van der Waals surface area (Å²) < 4.78 is 23.8. The van der Waals surface area contributed by atoms with Crippen molar-refractivity contribution >= 4 is 46.4 Å². The first-order valence-electron chi connectivity index (χ1n) is 8.77. The molecular weight excluding hydrogens is 446 g/mol. The van der Waals surface area contributed by atoms with Gasteiger partial charge in [0.1, 0.15) is 0 Å². The number of ether oxygens (including phenoxy) is 4. The molecule has 0 saturated carbocycles. The fourth-order valence-corrected chi connectivity index (χ4v) is 4.44. The van der Waals surface area contributed by atoms with E-state index in [9.17, 15) is 0 Å². The first kappa shape index (κ1) is 20.7. The van der Waals surface area contributed by atoms with Crippen molar-refractivity contribution in [1.29, 1.82) is 0 Å². The Morgan fingerprint density at radius 2 is 1.00 bits per heavy atom. The van der Waals surface area contributed by atoms with Crippen LogP contribution >= 0.6 is 46.4 Å². The van der Waals surface area contributed by atoms with E-state index >= 15 is 0 Å². The molecule has 8 heteroatoms. The molecule has 150 valence electrons. The summed E-state index contributed by atoms with van der Waals surface area (Å²) in [5.74, 6) is -2.26. The normalized spacial score (nSPS) is 22.1. The van der Waals surface area contributed by atoms with Crippen molar-refractivity contribution in [3.8, 4) is 0 Å². The largest absolute Gasteiger partial charge is 0.319 e. The molecular formula is C20H18Cl4O4. The van der Waals surface area contributed by atoms with Crippen LogP contribution < -0.4 is 0 Å². The number of halogens is 4. The molecule has 4 nitrogen and oxygen atoms in total. The summed E-state index contributed by atoms with van der Waals surface area (Å²) >= 11 is 24.6. The van der Waals surface area contributed by atoms with Crippen LogP contribution in [0.3, 0.4) is 0 Å². The minimum atomic E-state index is -0.973. The third kappa shape index (κ3) is 3.15. The van der Waals surface area contributed by atoms with Gasteiger partial charge in [0.05, 0.1) is 20.1 Å². The van der Waals surface area contributed by atoms with Gasteiger partial charge in [-0.1, -0.05) is 72.4 Å². The Balaban J connectivity index is 1.69. The second-order valence-corrected chi connectivity index (χ2v) is 8.61. The quantitative estimate of drug-likeness (QED) is 0.501. The number of hydrogen-bond donors (Lipinski definition) is 0. The van der Waals surface area contributed by atoms with E-state index in [1.165, 1.54) is 0 Å². The average molecular weight is 464 g/mol. The lowest BCUT2D eigenvalue weighted by Gasteiger charge is -2.54. The summed E-state index contributed by atoms with van der Waals surface area (Å²) in [4.78, 5) is 0. The zero-order valence-electron chi connectivity index (χ0n) is 15.2. The molecule has 4 rings (SSSR count). The monoisotopic (exact) mass is 462 g/mol. The minimum absolute atomic E-state index is 0.159. The Kier molecular flexibility index (Phi) is 5.62. The standard InChI is InChI=1S/C20H18Cl4O4/c1-11(19(25-9-26-19)13-3-5-15(21)17(23)7-13)12(2)20(27-10-28-20)14-4-6-16(22)18(24)8-14/h3-8,11-12H,9-10H2,1-2H3. The van der Waals surface area contributed by atoms with Crippen LogP contribution in [0.4, 0.5) is 0 Å². The van der Waals surface area contributed by atoms with Crippen molar-refractivity contribution in [2.75, 3.05) is 13.6 Å². The highest BCUT2D eigenvalue weighted by molar-refractivity contribution is 6.42. The Morgan fingerprint density at radius 1 is 0.643 bits per heavy atom. The number of hydrogen-bond acceptors (Lipinski definition) is 4. The molecule has 2 atom stereocenters. The van der Waals surface area contributed by atoms with Crippen molar-refractivity contribution in [2.24, 2.45) is 11.8 Å². The molecule has 0 spiro atoms. The Hall–Kier alpha value is -0.560. The van der Waals surface area contributed by atoms with Crippen LogP contribution in [0, 0.1) is 11.8 Å². The van der Waals surface area contributed by atoms with E-state index in [2.05, 4.69) is 0 Å². The molecule has 2 unspecified atom stereocenters. The van der Waals surface area contributed by atoms with Gasteiger partial charge in [-0.25, -0.2) is 0 Å². The lowest BCUT2D eigenvalue weighted by Crippen LogP contribution is -2.58. The van der Waals surface area contributed by atoms with Gasteiger partial charge in [0.25, 0.3) is 0 Å². The van der Waals surface area contributed by atoms with Gasteiger partial charge >= 0.3 is 0 Å². The van der Waals surface area contributed by atoms with Gasteiger partial charge in [-0.3, -0.25) is 0 Å². The van der Waals surface area contributed by atoms with Crippen LogP contribution in [0.15, 0.2) is 36.4 Å². The minimum Gasteiger partial charge on any atom is -0.319 e. The van der Waals surface area contributed by atoms with Crippen LogP contribution in [0.5, 0.6) is 0 Å². The first-order valence-corrected chi connectivity index (χ1v) is 10.3.